The van der Waals surface area contributed by atoms with Crippen molar-refractivity contribution in [3.05, 3.63) is 59.0 Å². The van der Waals surface area contributed by atoms with E-state index in [1.54, 1.807) is 24.3 Å². The molecule has 1 heterocycles. The number of amides is 1. The highest BCUT2D eigenvalue weighted by atomic mass is 32.2. The minimum Gasteiger partial charge on any atom is -0.495 e. The molecule has 1 fully saturated rings. The van der Waals surface area contributed by atoms with Crippen molar-refractivity contribution in [2.75, 3.05) is 12.4 Å². The Morgan fingerprint density at radius 1 is 1.23 bits per heavy atom. The summed E-state index contributed by atoms with van der Waals surface area (Å²) in [6, 6.07) is 11.1. The topological polar surface area (TPSA) is 119 Å². The Balaban J connectivity index is 1.57. The number of sulfonamides is 1. The smallest absolute Gasteiger partial charge is 0.275 e. The number of aromatic nitrogens is 2. The SMILES string of the molecule is COc1ccc(S(=O)(=O)NC2CC2)cc1NC(=O)Cn1ncc2ccccc2c1=O. The van der Waals surface area contributed by atoms with Crippen molar-refractivity contribution in [1.29, 1.82) is 0 Å². The number of anilines is 1. The number of benzene rings is 2. The zero-order chi connectivity index (χ0) is 21.3. The van der Waals surface area contributed by atoms with Crippen molar-refractivity contribution in [2.45, 2.75) is 30.3 Å². The monoisotopic (exact) mass is 428 g/mol. The number of methoxy groups -OCH3 is 1. The van der Waals surface area contributed by atoms with Crippen molar-refractivity contribution in [1.82, 2.24) is 14.5 Å². The Bertz CT molecular complexity index is 1280. The van der Waals surface area contributed by atoms with Crippen LogP contribution in [0.1, 0.15) is 12.8 Å². The molecule has 9 nitrogen and oxygen atoms in total. The molecule has 30 heavy (non-hydrogen) atoms. The van der Waals surface area contributed by atoms with Crippen LogP contribution < -0.4 is 20.3 Å². The molecule has 0 unspecified atom stereocenters. The molecule has 0 saturated heterocycles. The number of fused-ring (bicyclic) bond motifs is 1. The van der Waals surface area contributed by atoms with Crippen LogP contribution in [0.4, 0.5) is 5.69 Å². The number of nitrogens with one attached hydrogen (secondary N) is 2. The second-order valence-electron chi connectivity index (χ2n) is 7.00. The van der Waals surface area contributed by atoms with Gasteiger partial charge in [-0.05, 0) is 37.1 Å². The molecular formula is C20H20N4O5S. The third kappa shape index (κ3) is 4.19. The Hall–Kier alpha value is -3.24. The van der Waals surface area contributed by atoms with Gasteiger partial charge in [-0.2, -0.15) is 5.10 Å². The van der Waals surface area contributed by atoms with E-state index < -0.39 is 15.9 Å². The fourth-order valence-electron chi connectivity index (χ4n) is 3.01. The molecule has 1 aliphatic rings. The molecule has 0 atom stereocenters. The van der Waals surface area contributed by atoms with Gasteiger partial charge in [-0.25, -0.2) is 17.8 Å². The van der Waals surface area contributed by atoms with Crippen LogP contribution in [0.25, 0.3) is 10.8 Å². The van der Waals surface area contributed by atoms with E-state index in [0.29, 0.717) is 16.5 Å². The van der Waals surface area contributed by atoms with Gasteiger partial charge in [0.25, 0.3) is 5.56 Å². The third-order valence-electron chi connectivity index (χ3n) is 4.71. The number of rotatable bonds is 7. The first-order chi connectivity index (χ1) is 14.4. The first kappa shape index (κ1) is 20.0. The van der Waals surface area contributed by atoms with Gasteiger partial charge in [-0.15, -0.1) is 0 Å². The fraction of sp³-hybridized carbons (Fsp3) is 0.250. The van der Waals surface area contributed by atoms with E-state index in [-0.39, 0.29) is 28.7 Å². The number of nitrogens with zero attached hydrogens (tertiary/aromatic N) is 2. The minimum absolute atomic E-state index is 0.0199. The van der Waals surface area contributed by atoms with E-state index in [1.165, 1.54) is 31.5 Å². The largest absolute Gasteiger partial charge is 0.495 e. The standard InChI is InChI=1S/C20H20N4O5S/c1-29-18-9-8-15(30(27,28)23-14-6-7-14)10-17(18)22-19(25)12-24-20(26)16-5-3-2-4-13(16)11-21-24/h2-5,8-11,14,23H,6-7,12H2,1H3,(H,22,25). The summed E-state index contributed by atoms with van der Waals surface area (Å²) in [6.45, 7) is -0.329. The fourth-order valence-corrected chi connectivity index (χ4v) is 4.34. The molecule has 1 aromatic heterocycles. The van der Waals surface area contributed by atoms with E-state index in [0.717, 1.165) is 17.5 Å². The van der Waals surface area contributed by atoms with Gasteiger partial charge in [-0.1, -0.05) is 18.2 Å². The summed E-state index contributed by atoms with van der Waals surface area (Å²) in [5.41, 5.74) is -0.199. The van der Waals surface area contributed by atoms with Crippen LogP contribution in [-0.2, 0) is 21.4 Å². The zero-order valence-corrected chi connectivity index (χ0v) is 17.0. The first-order valence-electron chi connectivity index (χ1n) is 9.32. The summed E-state index contributed by atoms with van der Waals surface area (Å²) in [4.78, 5) is 25.1. The summed E-state index contributed by atoms with van der Waals surface area (Å²) in [6.07, 6.45) is 3.14. The van der Waals surface area contributed by atoms with Crippen LogP contribution in [0.2, 0.25) is 0 Å². The lowest BCUT2D eigenvalue weighted by Crippen LogP contribution is -2.30. The maximum Gasteiger partial charge on any atom is 0.275 e. The second kappa shape index (κ2) is 7.88. The van der Waals surface area contributed by atoms with E-state index in [9.17, 15) is 18.0 Å². The van der Waals surface area contributed by atoms with Crippen LogP contribution in [-0.4, -0.2) is 37.3 Å². The quantitative estimate of drug-likeness (QED) is 0.588. The predicted octanol–water partition coefficient (Wildman–Crippen LogP) is 1.48. The van der Waals surface area contributed by atoms with Gasteiger partial charge >= 0.3 is 0 Å². The highest BCUT2D eigenvalue weighted by molar-refractivity contribution is 7.89. The van der Waals surface area contributed by atoms with Crippen LogP contribution in [0.15, 0.2) is 58.4 Å². The van der Waals surface area contributed by atoms with Gasteiger partial charge in [0.2, 0.25) is 15.9 Å². The minimum atomic E-state index is -3.69. The molecule has 3 aromatic rings. The maximum atomic E-state index is 12.6. The summed E-state index contributed by atoms with van der Waals surface area (Å²) in [5.74, 6) is -0.240. The highest BCUT2D eigenvalue weighted by Gasteiger charge is 2.28. The molecule has 4 rings (SSSR count). The molecule has 2 N–H and O–H groups in total. The molecule has 1 aliphatic carbocycles. The molecule has 0 bridgehead atoms. The molecule has 2 aromatic carbocycles. The molecular weight excluding hydrogens is 408 g/mol. The molecule has 1 amide bonds. The molecule has 10 heteroatoms. The van der Waals surface area contributed by atoms with Crippen molar-refractivity contribution < 1.29 is 17.9 Å². The summed E-state index contributed by atoms with van der Waals surface area (Å²) < 4.78 is 33.8. The number of carbonyl (C=O) groups is 1. The molecule has 1 saturated carbocycles. The maximum absolute atomic E-state index is 12.6. The number of ether oxygens (including phenoxy) is 1. The molecule has 0 radical (unpaired) electrons. The Kier molecular flexibility index (Phi) is 5.27. The number of carbonyl (C=O) groups excluding carboxylic acids is 1. The van der Waals surface area contributed by atoms with Crippen molar-refractivity contribution in [2.24, 2.45) is 0 Å². The summed E-state index contributed by atoms with van der Waals surface area (Å²) in [5, 5.41) is 7.78. The van der Waals surface area contributed by atoms with Crippen LogP contribution in [0.3, 0.4) is 0 Å². The van der Waals surface area contributed by atoms with E-state index in [2.05, 4.69) is 15.1 Å². The average molecular weight is 428 g/mol. The van der Waals surface area contributed by atoms with Crippen LogP contribution >= 0.6 is 0 Å². The van der Waals surface area contributed by atoms with E-state index >= 15 is 0 Å². The lowest BCUT2D eigenvalue weighted by molar-refractivity contribution is -0.117. The normalized spacial score (nSPS) is 13.9. The number of hydrogen-bond acceptors (Lipinski definition) is 6. The second-order valence-corrected chi connectivity index (χ2v) is 8.71. The Morgan fingerprint density at radius 3 is 2.73 bits per heavy atom. The zero-order valence-electron chi connectivity index (χ0n) is 16.2. The Labute approximate surface area is 172 Å². The Morgan fingerprint density at radius 2 is 2.00 bits per heavy atom. The number of hydrogen-bond donors (Lipinski definition) is 2. The van der Waals surface area contributed by atoms with Gasteiger partial charge in [0, 0.05) is 11.4 Å². The van der Waals surface area contributed by atoms with E-state index in [1.807, 2.05) is 0 Å². The van der Waals surface area contributed by atoms with Gasteiger partial charge in [0.1, 0.15) is 12.3 Å². The highest BCUT2D eigenvalue weighted by Crippen LogP contribution is 2.29. The first-order valence-corrected chi connectivity index (χ1v) is 10.8. The summed E-state index contributed by atoms with van der Waals surface area (Å²) >= 11 is 0. The molecule has 156 valence electrons. The molecule has 0 aliphatic heterocycles. The van der Waals surface area contributed by atoms with E-state index in [4.69, 9.17) is 4.74 Å². The third-order valence-corrected chi connectivity index (χ3v) is 6.23. The lowest BCUT2D eigenvalue weighted by atomic mass is 10.2. The van der Waals surface area contributed by atoms with Crippen molar-refractivity contribution in [3.63, 3.8) is 0 Å². The average Bonchev–Trinajstić information content (AvgIpc) is 3.53. The van der Waals surface area contributed by atoms with Crippen LogP contribution in [0.5, 0.6) is 5.75 Å². The van der Waals surface area contributed by atoms with Gasteiger partial charge in [-0.3, -0.25) is 9.59 Å². The van der Waals surface area contributed by atoms with Gasteiger partial charge < -0.3 is 10.1 Å². The predicted molar refractivity (Wildman–Crippen MR) is 111 cm³/mol. The lowest BCUT2D eigenvalue weighted by Gasteiger charge is -2.13. The van der Waals surface area contributed by atoms with Gasteiger partial charge in [0.05, 0.1) is 29.3 Å². The van der Waals surface area contributed by atoms with Crippen LogP contribution in [0, 0.1) is 0 Å². The van der Waals surface area contributed by atoms with Crippen molar-refractivity contribution in [3.8, 4) is 5.75 Å². The molecule has 0 spiro atoms. The van der Waals surface area contributed by atoms with Crippen molar-refractivity contribution >= 4 is 32.4 Å². The van der Waals surface area contributed by atoms with Gasteiger partial charge in [0.15, 0.2) is 0 Å². The summed E-state index contributed by atoms with van der Waals surface area (Å²) in [7, 11) is -2.28.